The number of piperidine rings is 1. The fourth-order valence-corrected chi connectivity index (χ4v) is 5.79. The van der Waals surface area contributed by atoms with E-state index in [-0.39, 0.29) is 23.3 Å². The monoisotopic (exact) mass is 469 g/mol. The zero-order valence-electron chi connectivity index (χ0n) is 20.9. The van der Waals surface area contributed by atoms with Crippen LogP contribution in [0.2, 0.25) is 0 Å². The van der Waals surface area contributed by atoms with E-state index in [0.717, 1.165) is 57.3 Å². The number of carbonyl (C=O) groups excluding carboxylic acids is 2. The van der Waals surface area contributed by atoms with Crippen LogP contribution in [0.5, 0.6) is 0 Å². The summed E-state index contributed by atoms with van der Waals surface area (Å²) in [7, 11) is 1.48. The molecule has 3 heterocycles. The van der Waals surface area contributed by atoms with Crippen molar-refractivity contribution >= 4 is 17.7 Å². The molecule has 7 nitrogen and oxygen atoms in total. The maximum absolute atomic E-state index is 13.7. The first kappa shape index (κ1) is 24.7. The highest BCUT2D eigenvalue weighted by Gasteiger charge is 2.43. The predicted molar refractivity (Wildman–Crippen MR) is 131 cm³/mol. The van der Waals surface area contributed by atoms with E-state index in [0.29, 0.717) is 18.7 Å². The molecular formula is C27H39N3O4. The third kappa shape index (κ3) is 5.45. The molecule has 1 atom stereocenters. The number of pyridine rings is 1. The molecule has 1 saturated carbocycles. The molecule has 0 radical (unpaired) electrons. The van der Waals surface area contributed by atoms with E-state index in [1.165, 1.54) is 20.0 Å². The highest BCUT2D eigenvalue weighted by atomic mass is 16.5. The lowest BCUT2D eigenvalue weighted by atomic mass is 9.79. The van der Waals surface area contributed by atoms with Gasteiger partial charge in [0.05, 0.1) is 19.8 Å². The van der Waals surface area contributed by atoms with Crippen LogP contribution in [0.15, 0.2) is 30.7 Å². The van der Waals surface area contributed by atoms with Crippen molar-refractivity contribution in [2.45, 2.75) is 83.3 Å². The Bertz CT molecular complexity index is 876. The smallest absolute Gasteiger partial charge is 0.306 e. The van der Waals surface area contributed by atoms with Crippen molar-refractivity contribution in [3.63, 3.8) is 0 Å². The topological polar surface area (TPSA) is 72.0 Å². The number of amides is 1. The molecule has 34 heavy (non-hydrogen) atoms. The minimum Gasteiger partial charge on any atom is -0.485 e. The van der Waals surface area contributed by atoms with Crippen molar-refractivity contribution in [1.29, 1.82) is 0 Å². The number of aryl methyl sites for hydroxylation is 1. The second-order valence-electron chi connectivity index (χ2n) is 10.6. The number of likely N-dealkylation sites (tertiary alicyclic amines) is 1. The summed E-state index contributed by atoms with van der Waals surface area (Å²) in [5.74, 6) is 0.599. The molecule has 3 aliphatic rings. The van der Waals surface area contributed by atoms with Gasteiger partial charge in [0.2, 0.25) is 0 Å². The van der Waals surface area contributed by atoms with E-state index >= 15 is 0 Å². The van der Waals surface area contributed by atoms with Crippen LogP contribution in [0.3, 0.4) is 0 Å². The molecule has 0 spiro atoms. The summed E-state index contributed by atoms with van der Waals surface area (Å²) in [6.45, 7) is 6.73. The van der Waals surface area contributed by atoms with Crippen molar-refractivity contribution in [3.8, 4) is 0 Å². The van der Waals surface area contributed by atoms with Crippen molar-refractivity contribution in [1.82, 2.24) is 9.88 Å². The van der Waals surface area contributed by atoms with Crippen molar-refractivity contribution in [2.75, 3.05) is 31.6 Å². The Morgan fingerprint density at radius 1 is 1.24 bits per heavy atom. The molecule has 2 aliphatic heterocycles. The first-order chi connectivity index (χ1) is 16.3. The number of aromatic nitrogens is 1. The Morgan fingerprint density at radius 3 is 2.56 bits per heavy atom. The maximum Gasteiger partial charge on any atom is 0.306 e. The van der Waals surface area contributed by atoms with Crippen LogP contribution >= 0.6 is 0 Å². The van der Waals surface area contributed by atoms with Gasteiger partial charge >= 0.3 is 5.97 Å². The number of hydrogen-bond acceptors (Lipinski definition) is 6. The van der Waals surface area contributed by atoms with Crippen molar-refractivity contribution < 1.29 is 19.1 Å². The van der Waals surface area contributed by atoms with Crippen LogP contribution in [0.1, 0.15) is 70.3 Å². The normalized spacial score (nSPS) is 24.7. The van der Waals surface area contributed by atoms with Gasteiger partial charge in [0, 0.05) is 31.7 Å². The highest BCUT2D eigenvalue weighted by molar-refractivity contribution is 5.99. The molecular weight excluding hydrogens is 430 g/mol. The predicted octanol–water partition coefficient (Wildman–Crippen LogP) is 4.39. The Balaban J connectivity index is 1.40. The van der Waals surface area contributed by atoms with E-state index in [1.54, 1.807) is 6.26 Å². The van der Waals surface area contributed by atoms with Gasteiger partial charge < -0.3 is 14.4 Å². The lowest BCUT2D eigenvalue weighted by Crippen LogP contribution is -2.54. The number of methoxy groups -OCH3 is 1. The fourth-order valence-electron chi connectivity index (χ4n) is 5.79. The Labute approximate surface area is 203 Å². The van der Waals surface area contributed by atoms with Gasteiger partial charge in [-0.3, -0.25) is 14.5 Å². The summed E-state index contributed by atoms with van der Waals surface area (Å²) in [5, 5.41) is 0. The Hall–Kier alpha value is -2.41. The maximum atomic E-state index is 13.7. The van der Waals surface area contributed by atoms with E-state index in [2.05, 4.69) is 9.88 Å². The average Bonchev–Trinajstić information content (AvgIpc) is 3.50. The van der Waals surface area contributed by atoms with Crippen LogP contribution in [-0.2, 0) is 19.1 Å². The summed E-state index contributed by atoms with van der Waals surface area (Å²) < 4.78 is 10.7. The van der Waals surface area contributed by atoms with E-state index in [4.69, 9.17) is 9.47 Å². The van der Waals surface area contributed by atoms with Gasteiger partial charge in [0.1, 0.15) is 5.82 Å². The third-order valence-electron chi connectivity index (χ3n) is 8.04. The quantitative estimate of drug-likeness (QED) is 0.526. The Morgan fingerprint density at radius 2 is 1.97 bits per heavy atom. The molecule has 1 aliphatic carbocycles. The molecule has 0 bridgehead atoms. The van der Waals surface area contributed by atoms with Gasteiger partial charge in [0.15, 0.2) is 5.60 Å². The number of hydrogen-bond donors (Lipinski definition) is 0. The first-order valence-corrected chi connectivity index (χ1v) is 12.7. The lowest BCUT2D eigenvalue weighted by Gasteiger charge is -2.41. The fraction of sp³-hybridized carbons (Fsp3) is 0.667. The molecule has 1 saturated heterocycles. The molecule has 7 heteroatoms. The molecule has 1 aromatic rings. The SMILES string of the molecule is COC(=O)CC1(CCN2CCC(N(C(=O)C3(C)CC=CO3)c3ccc(C)cn3)CC2)CCCC1. The van der Waals surface area contributed by atoms with E-state index in [1.807, 2.05) is 43.2 Å². The van der Waals surface area contributed by atoms with E-state index < -0.39 is 5.60 Å². The first-order valence-electron chi connectivity index (χ1n) is 12.7. The highest BCUT2D eigenvalue weighted by Crippen LogP contribution is 2.44. The molecule has 0 aromatic carbocycles. The number of anilines is 1. The van der Waals surface area contributed by atoms with Crippen LogP contribution < -0.4 is 4.90 Å². The van der Waals surface area contributed by atoms with Crippen LogP contribution in [-0.4, -0.2) is 60.1 Å². The molecule has 1 unspecified atom stereocenters. The van der Waals surface area contributed by atoms with Gasteiger partial charge in [-0.05, 0) is 75.6 Å². The molecule has 1 amide bonds. The number of nitrogens with zero attached hydrogens (tertiary/aromatic N) is 3. The number of esters is 1. The number of rotatable bonds is 8. The summed E-state index contributed by atoms with van der Waals surface area (Å²) in [5.41, 5.74) is 0.301. The number of carbonyl (C=O) groups is 2. The number of ether oxygens (including phenoxy) is 2. The largest absolute Gasteiger partial charge is 0.485 e. The summed E-state index contributed by atoms with van der Waals surface area (Å²) in [6.07, 6.45) is 14.0. The van der Waals surface area contributed by atoms with Crippen molar-refractivity contribution in [3.05, 3.63) is 36.2 Å². The average molecular weight is 470 g/mol. The molecule has 186 valence electrons. The molecule has 1 aromatic heterocycles. The van der Waals surface area contributed by atoms with Gasteiger partial charge in [0.25, 0.3) is 5.91 Å². The van der Waals surface area contributed by atoms with Crippen LogP contribution in [0, 0.1) is 12.3 Å². The van der Waals surface area contributed by atoms with E-state index in [9.17, 15) is 9.59 Å². The summed E-state index contributed by atoms with van der Waals surface area (Å²) in [4.78, 5) is 34.7. The van der Waals surface area contributed by atoms with Gasteiger partial charge in [-0.1, -0.05) is 18.9 Å². The molecule has 4 rings (SSSR count). The zero-order chi connectivity index (χ0) is 24.2. The summed E-state index contributed by atoms with van der Waals surface area (Å²) in [6, 6.07) is 4.05. The van der Waals surface area contributed by atoms with Crippen LogP contribution in [0.25, 0.3) is 0 Å². The molecule has 2 fully saturated rings. The zero-order valence-corrected chi connectivity index (χ0v) is 20.9. The standard InChI is InChI=1S/C27H39N3O4/c1-21-7-8-23(28-20-21)30(25(32)26(2)11-6-18-34-26)22-9-15-29(16-10-22)17-14-27(12-4-5-13-27)19-24(31)33-3/h6-8,18,20,22H,4-5,9-17,19H2,1-3H3. The van der Waals surface area contributed by atoms with Crippen LogP contribution in [0.4, 0.5) is 5.82 Å². The van der Waals surface area contributed by atoms with Crippen molar-refractivity contribution in [2.24, 2.45) is 5.41 Å². The lowest BCUT2D eigenvalue weighted by molar-refractivity contribution is -0.143. The second kappa shape index (κ2) is 10.5. The minimum atomic E-state index is -0.869. The Kier molecular flexibility index (Phi) is 7.60. The van der Waals surface area contributed by atoms with Gasteiger partial charge in [-0.25, -0.2) is 4.98 Å². The minimum absolute atomic E-state index is 0.0183. The summed E-state index contributed by atoms with van der Waals surface area (Å²) >= 11 is 0. The molecule has 0 N–H and O–H groups in total. The second-order valence-corrected chi connectivity index (χ2v) is 10.6. The van der Waals surface area contributed by atoms with Gasteiger partial charge in [-0.15, -0.1) is 0 Å². The van der Waals surface area contributed by atoms with Gasteiger partial charge in [-0.2, -0.15) is 0 Å². The third-order valence-corrected chi connectivity index (χ3v) is 8.04.